The lowest BCUT2D eigenvalue weighted by molar-refractivity contribution is -0.108. The van der Waals surface area contributed by atoms with Gasteiger partial charge in [0.25, 0.3) is 0 Å². The fourth-order valence-corrected chi connectivity index (χ4v) is 1.61. The van der Waals surface area contributed by atoms with Crippen LogP contribution in [0.25, 0.3) is 0 Å². The Bertz CT molecular complexity index is 347. The molecular weight excluding hydrogens is 204 g/mol. The molecule has 3 heteroatoms. The number of phenols is 1. The third-order valence-corrected chi connectivity index (χ3v) is 2.41. The monoisotopic (exact) mass is 222 g/mol. The van der Waals surface area contributed by atoms with Gasteiger partial charge in [-0.3, -0.25) is 0 Å². The highest BCUT2D eigenvalue weighted by molar-refractivity contribution is 5.50. The minimum absolute atomic E-state index is 0.161. The van der Waals surface area contributed by atoms with Gasteiger partial charge in [0.15, 0.2) is 11.5 Å². The third kappa shape index (κ3) is 3.57. The Morgan fingerprint density at radius 1 is 1.50 bits per heavy atom. The average Bonchev–Trinajstić information content (AvgIpc) is 2.24. The smallest absolute Gasteiger partial charge is 0.161 e. The van der Waals surface area contributed by atoms with Crippen LogP contribution in [0.4, 0.5) is 0 Å². The molecule has 0 radical (unpaired) electrons. The van der Waals surface area contributed by atoms with Crippen LogP contribution >= 0.6 is 0 Å². The second-order valence-corrected chi connectivity index (χ2v) is 3.95. The maximum atomic E-state index is 10.4. The van der Waals surface area contributed by atoms with E-state index in [2.05, 4.69) is 0 Å². The number of rotatable bonds is 6. The van der Waals surface area contributed by atoms with Gasteiger partial charge in [-0.2, -0.15) is 0 Å². The number of hydrogen-bond acceptors (Lipinski definition) is 3. The van der Waals surface area contributed by atoms with Crippen LogP contribution < -0.4 is 4.74 Å². The SMILES string of the molecule is CCOc1cc(CC(C)CC=O)ccc1O. The molecule has 16 heavy (non-hydrogen) atoms. The summed E-state index contributed by atoms with van der Waals surface area (Å²) in [6.07, 6.45) is 2.32. The van der Waals surface area contributed by atoms with Crippen molar-refractivity contribution in [2.75, 3.05) is 6.61 Å². The molecule has 1 N–H and O–H groups in total. The van der Waals surface area contributed by atoms with Crippen molar-refractivity contribution in [3.63, 3.8) is 0 Å². The minimum atomic E-state index is 0.161. The molecule has 0 aliphatic carbocycles. The van der Waals surface area contributed by atoms with Gasteiger partial charge in [-0.1, -0.05) is 13.0 Å². The van der Waals surface area contributed by atoms with Crippen molar-refractivity contribution in [1.82, 2.24) is 0 Å². The van der Waals surface area contributed by atoms with E-state index in [0.29, 0.717) is 24.7 Å². The number of aldehydes is 1. The first-order valence-electron chi connectivity index (χ1n) is 5.55. The molecule has 0 aliphatic rings. The van der Waals surface area contributed by atoms with E-state index in [1.807, 2.05) is 26.0 Å². The molecule has 1 rings (SSSR count). The molecule has 0 amide bonds. The topological polar surface area (TPSA) is 46.5 Å². The van der Waals surface area contributed by atoms with E-state index < -0.39 is 0 Å². The molecule has 0 saturated heterocycles. The largest absolute Gasteiger partial charge is 0.504 e. The molecule has 0 aliphatic heterocycles. The van der Waals surface area contributed by atoms with Crippen molar-refractivity contribution in [2.24, 2.45) is 5.92 Å². The van der Waals surface area contributed by atoms with Gasteiger partial charge in [-0.15, -0.1) is 0 Å². The summed E-state index contributed by atoms with van der Waals surface area (Å²) in [6, 6.07) is 5.33. The van der Waals surface area contributed by atoms with E-state index in [4.69, 9.17) is 4.74 Å². The predicted octanol–water partition coefficient (Wildman–Crippen LogP) is 2.56. The second-order valence-electron chi connectivity index (χ2n) is 3.95. The third-order valence-electron chi connectivity index (χ3n) is 2.41. The van der Waals surface area contributed by atoms with E-state index >= 15 is 0 Å². The normalized spacial score (nSPS) is 12.1. The fourth-order valence-electron chi connectivity index (χ4n) is 1.61. The van der Waals surface area contributed by atoms with Gasteiger partial charge >= 0.3 is 0 Å². The number of aromatic hydroxyl groups is 1. The van der Waals surface area contributed by atoms with Gasteiger partial charge in [-0.25, -0.2) is 0 Å². The maximum absolute atomic E-state index is 10.4. The van der Waals surface area contributed by atoms with Crippen LogP contribution in [0.3, 0.4) is 0 Å². The summed E-state index contributed by atoms with van der Waals surface area (Å²) < 4.78 is 5.30. The van der Waals surface area contributed by atoms with E-state index in [1.165, 1.54) is 0 Å². The zero-order chi connectivity index (χ0) is 12.0. The Morgan fingerprint density at radius 2 is 2.25 bits per heavy atom. The molecule has 1 atom stereocenters. The van der Waals surface area contributed by atoms with Crippen LogP contribution in [-0.4, -0.2) is 18.0 Å². The van der Waals surface area contributed by atoms with Crippen LogP contribution in [0.5, 0.6) is 11.5 Å². The van der Waals surface area contributed by atoms with Gasteiger partial charge in [-0.05, 0) is 37.0 Å². The average molecular weight is 222 g/mol. The molecule has 0 bridgehead atoms. The fraction of sp³-hybridized carbons (Fsp3) is 0.462. The van der Waals surface area contributed by atoms with Crippen LogP contribution in [0.15, 0.2) is 18.2 Å². The summed E-state index contributed by atoms with van der Waals surface area (Å²) in [7, 11) is 0. The van der Waals surface area contributed by atoms with Gasteiger partial charge in [0.1, 0.15) is 6.29 Å². The Labute approximate surface area is 96.1 Å². The molecule has 0 spiro atoms. The summed E-state index contributed by atoms with van der Waals surface area (Å²) in [5, 5.41) is 9.52. The van der Waals surface area contributed by atoms with E-state index in [0.717, 1.165) is 18.3 Å². The lowest BCUT2D eigenvalue weighted by Crippen LogP contribution is -2.01. The molecule has 88 valence electrons. The summed E-state index contributed by atoms with van der Waals surface area (Å²) >= 11 is 0. The Kier molecular flexibility index (Phi) is 4.83. The second kappa shape index (κ2) is 6.16. The minimum Gasteiger partial charge on any atom is -0.504 e. The highest BCUT2D eigenvalue weighted by Gasteiger charge is 2.07. The number of hydrogen-bond donors (Lipinski definition) is 1. The summed E-state index contributed by atoms with van der Waals surface area (Å²) in [6.45, 7) is 4.43. The molecule has 0 fully saturated rings. The molecular formula is C13H18O3. The zero-order valence-corrected chi connectivity index (χ0v) is 9.77. The lowest BCUT2D eigenvalue weighted by Gasteiger charge is -2.11. The highest BCUT2D eigenvalue weighted by atomic mass is 16.5. The standard InChI is InChI=1S/C13H18O3/c1-3-16-13-9-11(4-5-12(13)15)8-10(2)6-7-14/h4-5,7,9-10,15H,3,6,8H2,1-2H3. The number of ether oxygens (including phenoxy) is 1. The summed E-state index contributed by atoms with van der Waals surface area (Å²) in [4.78, 5) is 10.4. The van der Waals surface area contributed by atoms with Crippen LogP contribution in [0.1, 0.15) is 25.8 Å². The first-order valence-corrected chi connectivity index (χ1v) is 5.55. The number of benzene rings is 1. The van der Waals surface area contributed by atoms with Crippen molar-refractivity contribution >= 4 is 6.29 Å². The highest BCUT2D eigenvalue weighted by Crippen LogP contribution is 2.27. The summed E-state index contributed by atoms with van der Waals surface area (Å²) in [5.74, 6) is 0.989. The van der Waals surface area contributed by atoms with Crippen molar-refractivity contribution in [3.8, 4) is 11.5 Å². The van der Waals surface area contributed by atoms with Gasteiger partial charge in [0.05, 0.1) is 6.61 Å². The van der Waals surface area contributed by atoms with Crippen molar-refractivity contribution in [3.05, 3.63) is 23.8 Å². The molecule has 3 nitrogen and oxygen atoms in total. The maximum Gasteiger partial charge on any atom is 0.161 e. The quantitative estimate of drug-likeness (QED) is 0.752. The Balaban J connectivity index is 2.73. The molecule has 1 aromatic carbocycles. The van der Waals surface area contributed by atoms with Crippen LogP contribution in [0.2, 0.25) is 0 Å². The van der Waals surface area contributed by atoms with Gasteiger partial charge < -0.3 is 14.6 Å². The number of phenolic OH excluding ortho intramolecular Hbond substituents is 1. The molecule has 1 unspecified atom stereocenters. The van der Waals surface area contributed by atoms with Crippen molar-refractivity contribution in [2.45, 2.75) is 26.7 Å². The number of carbonyl (C=O) groups is 1. The Hall–Kier alpha value is -1.51. The van der Waals surface area contributed by atoms with E-state index in [-0.39, 0.29) is 5.75 Å². The molecule has 0 saturated carbocycles. The lowest BCUT2D eigenvalue weighted by atomic mass is 9.98. The van der Waals surface area contributed by atoms with Gasteiger partial charge in [0.2, 0.25) is 0 Å². The summed E-state index contributed by atoms with van der Waals surface area (Å²) in [5.41, 5.74) is 1.08. The molecule has 1 aromatic rings. The van der Waals surface area contributed by atoms with Crippen molar-refractivity contribution in [1.29, 1.82) is 0 Å². The van der Waals surface area contributed by atoms with Crippen LogP contribution in [-0.2, 0) is 11.2 Å². The number of carbonyl (C=O) groups excluding carboxylic acids is 1. The van der Waals surface area contributed by atoms with Crippen molar-refractivity contribution < 1.29 is 14.6 Å². The first-order chi connectivity index (χ1) is 7.67. The predicted molar refractivity (Wildman–Crippen MR) is 62.8 cm³/mol. The van der Waals surface area contributed by atoms with Crippen LogP contribution in [0, 0.1) is 5.92 Å². The molecule has 0 heterocycles. The first kappa shape index (κ1) is 12.6. The van der Waals surface area contributed by atoms with Gasteiger partial charge in [0, 0.05) is 6.42 Å². The van der Waals surface area contributed by atoms with E-state index in [1.54, 1.807) is 6.07 Å². The molecule has 0 aromatic heterocycles. The Morgan fingerprint density at radius 3 is 2.88 bits per heavy atom. The van der Waals surface area contributed by atoms with E-state index in [9.17, 15) is 9.90 Å². The zero-order valence-electron chi connectivity index (χ0n) is 9.77.